The molecule has 3 aromatic carbocycles. The van der Waals surface area contributed by atoms with Crippen LogP contribution in [0.1, 0.15) is 5.56 Å². The lowest BCUT2D eigenvalue weighted by Crippen LogP contribution is -2.44. The Morgan fingerprint density at radius 1 is 0.889 bits per heavy atom. The third-order valence-corrected chi connectivity index (χ3v) is 4.26. The fraction of sp³-hybridized carbons (Fsp3) is 0.100. The summed E-state index contributed by atoms with van der Waals surface area (Å²) < 4.78 is 19.3. The summed E-state index contributed by atoms with van der Waals surface area (Å²) in [6.45, 7) is -0.237. The third kappa shape index (κ3) is 5.52. The van der Waals surface area contributed by atoms with Gasteiger partial charge < -0.3 is 4.74 Å². The van der Waals surface area contributed by atoms with Crippen molar-refractivity contribution in [1.29, 1.82) is 0 Å². The van der Waals surface area contributed by atoms with Crippen LogP contribution in [-0.2, 0) is 16.0 Å². The molecular formula is C20H16BrFN2O3. The summed E-state index contributed by atoms with van der Waals surface area (Å²) in [6.07, 6.45) is 0.0294. The summed E-state index contributed by atoms with van der Waals surface area (Å²) in [5, 5.41) is 2.04. The predicted molar refractivity (Wildman–Crippen MR) is 104 cm³/mol. The topological polar surface area (TPSA) is 67.4 Å². The van der Waals surface area contributed by atoms with Gasteiger partial charge in [-0.05, 0) is 52.7 Å². The summed E-state index contributed by atoms with van der Waals surface area (Å²) in [5.74, 6) is -0.715. The zero-order valence-electron chi connectivity index (χ0n) is 14.2. The minimum Gasteiger partial charge on any atom is -0.484 e. The van der Waals surface area contributed by atoms with E-state index in [0.29, 0.717) is 11.3 Å². The number of nitrogens with one attached hydrogen (secondary N) is 2. The van der Waals surface area contributed by atoms with Crippen molar-refractivity contribution in [3.63, 3.8) is 0 Å². The zero-order valence-corrected chi connectivity index (χ0v) is 15.8. The van der Waals surface area contributed by atoms with Gasteiger partial charge in [-0.1, -0.05) is 40.2 Å². The largest absolute Gasteiger partial charge is 0.484 e. The molecule has 7 heteroatoms. The van der Waals surface area contributed by atoms with E-state index in [9.17, 15) is 14.0 Å². The van der Waals surface area contributed by atoms with Gasteiger partial charge in [0.1, 0.15) is 11.6 Å². The van der Waals surface area contributed by atoms with Crippen molar-refractivity contribution >= 4 is 38.5 Å². The Morgan fingerprint density at radius 2 is 1.56 bits per heavy atom. The van der Waals surface area contributed by atoms with Crippen LogP contribution in [0.15, 0.2) is 65.1 Å². The summed E-state index contributed by atoms with van der Waals surface area (Å²) in [6, 6.07) is 16.9. The Bertz CT molecular complexity index is 977. The molecular weight excluding hydrogens is 415 g/mol. The van der Waals surface area contributed by atoms with Gasteiger partial charge in [0.05, 0.1) is 6.42 Å². The minimum atomic E-state index is -0.488. The SMILES string of the molecule is O=C(COc1ccc2cc(Br)ccc2c1)NNC(=O)Cc1ccc(F)cc1. The fourth-order valence-corrected chi connectivity index (χ4v) is 2.82. The van der Waals surface area contributed by atoms with Crippen LogP contribution < -0.4 is 15.6 Å². The van der Waals surface area contributed by atoms with Crippen LogP contribution in [0, 0.1) is 5.82 Å². The molecule has 0 aliphatic rings. The summed E-state index contributed by atoms with van der Waals surface area (Å²) >= 11 is 3.42. The average molecular weight is 431 g/mol. The Morgan fingerprint density at radius 3 is 2.33 bits per heavy atom. The monoisotopic (exact) mass is 430 g/mol. The Hall–Kier alpha value is -2.93. The molecule has 0 bridgehead atoms. The van der Waals surface area contributed by atoms with Gasteiger partial charge in [-0.25, -0.2) is 4.39 Å². The molecule has 0 heterocycles. The first kappa shape index (κ1) is 18.8. The summed E-state index contributed by atoms with van der Waals surface area (Å²) in [7, 11) is 0. The second-order valence-corrected chi connectivity index (χ2v) is 6.76. The van der Waals surface area contributed by atoms with E-state index in [-0.39, 0.29) is 18.8 Å². The van der Waals surface area contributed by atoms with E-state index >= 15 is 0 Å². The lowest BCUT2D eigenvalue weighted by Gasteiger charge is -2.09. The highest BCUT2D eigenvalue weighted by atomic mass is 79.9. The standard InChI is InChI=1S/C20H16BrFN2O3/c21-16-5-3-15-11-18(8-4-14(15)10-16)27-12-20(26)24-23-19(25)9-13-1-6-17(22)7-2-13/h1-8,10-11H,9,12H2,(H,23,25)(H,24,26). The van der Waals surface area contributed by atoms with Crippen LogP contribution in [0.3, 0.4) is 0 Å². The molecule has 0 fully saturated rings. The molecule has 0 saturated carbocycles. The first-order valence-corrected chi connectivity index (χ1v) is 8.93. The molecule has 0 aromatic heterocycles. The minimum absolute atomic E-state index is 0.0294. The molecule has 5 nitrogen and oxygen atoms in total. The normalized spacial score (nSPS) is 10.4. The first-order chi connectivity index (χ1) is 13.0. The van der Waals surface area contributed by atoms with Crippen LogP contribution in [0.25, 0.3) is 10.8 Å². The van der Waals surface area contributed by atoms with Crippen LogP contribution in [0.5, 0.6) is 5.75 Å². The van der Waals surface area contributed by atoms with Crippen LogP contribution in [0.2, 0.25) is 0 Å². The lowest BCUT2D eigenvalue weighted by molar-refractivity contribution is -0.129. The molecule has 0 unspecified atom stereocenters. The summed E-state index contributed by atoms with van der Waals surface area (Å²) in [5.41, 5.74) is 5.23. The fourth-order valence-electron chi connectivity index (χ4n) is 2.44. The Labute approximate surface area is 163 Å². The quantitative estimate of drug-likeness (QED) is 0.608. The number of carbonyl (C=O) groups excluding carboxylic acids is 2. The number of ether oxygens (including phenoxy) is 1. The zero-order chi connectivity index (χ0) is 19.2. The van der Waals surface area contributed by atoms with Crippen molar-refractivity contribution in [3.8, 4) is 5.75 Å². The van der Waals surface area contributed by atoms with E-state index in [0.717, 1.165) is 15.2 Å². The predicted octanol–water partition coefficient (Wildman–Crippen LogP) is 3.51. The van der Waals surface area contributed by atoms with Crippen molar-refractivity contribution in [2.24, 2.45) is 0 Å². The molecule has 0 aliphatic carbocycles. The molecule has 0 saturated heterocycles. The lowest BCUT2D eigenvalue weighted by atomic mass is 10.1. The molecule has 3 rings (SSSR count). The second-order valence-electron chi connectivity index (χ2n) is 5.84. The van der Waals surface area contributed by atoms with Crippen LogP contribution in [0.4, 0.5) is 4.39 Å². The molecule has 138 valence electrons. The highest BCUT2D eigenvalue weighted by Crippen LogP contribution is 2.24. The highest BCUT2D eigenvalue weighted by Gasteiger charge is 2.07. The molecule has 0 spiro atoms. The first-order valence-electron chi connectivity index (χ1n) is 8.14. The van der Waals surface area contributed by atoms with Crippen molar-refractivity contribution < 1.29 is 18.7 Å². The number of hydrogen-bond donors (Lipinski definition) is 2. The van der Waals surface area contributed by atoms with E-state index in [4.69, 9.17) is 4.74 Å². The number of amides is 2. The van der Waals surface area contributed by atoms with Crippen LogP contribution >= 0.6 is 15.9 Å². The average Bonchev–Trinajstić information content (AvgIpc) is 2.66. The van der Waals surface area contributed by atoms with Crippen molar-refractivity contribution in [2.75, 3.05) is 6.61 Å². The Balaban J connectivity index is 1.46. The number of fused-ring (bicyclic) bond motifs is 1. The van der Waals surface area contributed by atoms with Crippen LogP contribution in [-0.4, -0.2) is 18.4 Å². The number of hydrogen-bond acceptors (Lipinski definition) is 3. The molecule has 2 amide bonds. The van der Waals surface area contributed by atoms with Crippen molar-refractivity contribution in [3.05, 3.63) is 76.5 Å². The molecule has 2 N–H and O–H groups in total. The second kappa shape index (κ2) is 8.64. The summed E-state index contributed by atoms with van der Waals surface area (Å²) in [4.78, 5) is 23.6. The molecule has 0 radical (unpaired) electrons. The number of halogens is 2. The van der Waals surface area contributed by atoms with E-state index in [1.807, 2.05) is 30.3 Å². The van der Waals surface area contributed by atoms with Gasteiger partial charge in [0.15, 0.2) is 6.61 Å². The molecule has 27 heavy (non-hydrogen) atoms. The van der Waals surface area contributed by atoms with Gasteiger partial charge in [0.2, 0.25) is 5.91 Å². The van der Waals surface area contributed by atoms with E-state index in [1.165, 1.54) is 24.3 Å². The van der Waals surface area contributed by atoms with Gasteiger partial charge in [-0.3, -0.25) is 20.4 Å². The highest BCUT2D eigenvalue weighted by molar-refractivity contribution is 9.10. The van der Waals surface area contributed by atoms with Gasteiger partial charge in [0, 0.05) is 4.47 Å². The number of benzene rings is 3. The van der Waals surface area contributed by atoms with Crippen molar-refractivity contribution in [2.45, 2.75) is 6.42 Å². The van der Waals surface area contributed by atoms with E-state index < -0.39 is 11.8 Å². The molecule has 0 aliphatic heterocycles. The maximum Gasteiger partial charge on any atom is 0.276 e. The van der Waals surface area contributed by atoms with Gasteiger partial charge in [-0.2, -0.15) is 0 Å². The van der Waals surface area contributed by atoms with Gasteiger partial charge in [-0.15, -0.1) is 0 Å². The van der Waals surface area contributed by atoms with Gasteiger partial charge >= 0.3 is 0 Å². The Kier molecular flexibility index (Phi) is 6.03. The number of rotatable bonds is 5. The molecule has 3 aromatic rings. The smallest absolute Gasteiger partial charge is 0.276 e. The van der Waals surface area contributed by atoms with E-state index in [2.05, 4.69) is 26.8 Å². The van der Waals surface area contributed by atoms with Gasteiger partial charge in [0.25, 0.3) is 5.91 Å². The maximum atomic E-state index is 12.8. The van der Waals surface area contributed by atoms with Crippen molar-refractivity contribution in [1.82, 2.24) is 10.9 Å². The maximum absolute atomic E-state index is 12.8. The third-order valence-electron chi connectivity index (χ3n) is 3.76. The molecule has 0 atom stereocenters. The van der Waals surface area contributed by atoms with E-state index in [1.54, 1.807) is 6.07 Å². The number of carbonyl (C=O) groups is 2. The number of hydrazine groups is 1.